The summed E-state index contributed by atoms with van der Waals surface area (Å²) in [7, 11) is 0. The van der Waals surface area contributed by atoms with E-state index in [0.717, 1.165) is 64.1 Å². The molecule has 4 aromatic rings. The van der Waals surface area contributed by atoms with Crippen LogP contribution >= 0.6 is 0 Å². The first-order valence-electron chi connectivity index (χ1n) is 15.1. The lowest BCUT2D eigenvalue weighted by molar-refractivity contribution is -0.136. The summed E-state index contributed by atoms with van der Waals surface area (Å²) in [6.07, 6.45) is 10.5. The zero-order chi connectivity index (χ0) is 29.2. The third kappa shape index (κ3) is 4.52. The number of hydrogen-bond donors (Lipinski definition) is 1. The summed E-state index contributed by atoms with van der Waals surface area (Å²) in [5.74, 6) is -0.856. The Kier molecular flexibility index (Phi) is 5.99. The highest BCUT2D eigenvalue weighted by Crippen LogP contribution is 2.46. The van der Waals surface area contributed by atoms with Gasteiger partial charge < -0.3 is 0 Å². The largest absolute Gasteiger partial charge is 0.295 e. The average molecular weight is 575 g/mol. The number of amides is 4. The summed E-state index contributed by atoms with van der Waals surface area (Å²) in [5, 5.41) is 7.28. The Bertz CT molecular complexity index is 1840. The summed E-state index contributed by atoms with van der Waals surface area (Å²) in [5.41, 5.74) is 6.54. The average Bonchev–Trinajstić information content (AvgIpc) is 3.70. The normalized spacial score (nSPS) is 23.4. The van der Waals surface area contributed by atoms with E-state index in [9.17, 15) is 19.2 Å². The minimum atomic E-state index is -0.947. The summed E-state index contributed by atoms with van der Waals surface area (Å²) in [4.78, 5) is 60.5. The van der Waals surface area contributed by atoms with Gasteiger partial charge in [-0.15, -0.1) is 0 Å². The molecule has 2 saturated carbocycles. The molecule has 8 rings (SSSR count). The number of carbonyl (C=O) groups is 4. The van der Waals surface area contributed by atoms with E-state index in [0.29, 0.717) is 29.0 Å². The van der Waals surface area contributed by atoms with Crippen molar-refractivity contribution in [2.24, 2.45) is 5.92 Å². The number of nitrogens with one attached hydrogen (secondary N) is 1. The highest BCUT2D eigenvalue weighted by atomic mass is 16.2. The quantitative estimate of drug-likeness (QED) is 0.325. The van der Waals surface area contributed by atoms with E-state index in [1.165, 1.54) is 12.8 Å². The smallest absolute Gasteiger partial charge is 0.262 e. The van der Waals surface area contributed by atoms with Gasteiger partial charge in [-0.05, 0) is 80.7 Å². The molecule has 1 N–H and O–H groups in total. The third-order valence-corrected chi connectivity index (χ3v) is 9.38. The molecule has 2 aromatic heterocycles. The fraction of sp³-hybridized carbons (Fsp3) is 0.364. The number of rotatable bonds is 7. The highest BCUT2D eigenvalue weighted by Gasteiger charge is 2.44. The molecule has 2 aromatic carbocycles. The van der Waals surface area contributed by atoms with E-state index in [2.05, 4.69) is 21.2 Å². The van der Waals surface area contributed by atoms with Gasteiger partial charge in [-0.25, -0.2) is 4.98 Å². The van der Waals surface area contributed by atoms with Crippen molar-refractivity contribution in [1.29, 1.82) is 0 Å². The van der Waals surface area contributed by atoms with Crippen LogP contribution in [0.15, 0.2) is 54.9 Å². The lowest BCUT2D eigenvalue weighted by Gasteiger charge is -2.35. The molecule has 43 heavy (non-hydrogen) atoms. The maximum absolute atomic E-state index is 13.2. The van der Waals surface area contributed by atoms with Gasteiger partial charge in [-0.2, -0.15) is 5.10 Å². The van der Waals surface area contributed by atoms with E-state index >= 15 is 0 Å². The monoisotopic (exact) mass is 574 g/mol. The van der Waals surface area contributed by atoms with Crippen molar-refractivity contribution in [2.45, 2.75) is 69.4 Å². The van der Waals surface area contributed by atoms with Crippen LogP contribution in [0, 0.1) is 5.92 Å². The van der Waals surface area contributed by atoms with Gasteiger partial charge in [-0.1, -0.05) is 18.2 Å². The standard InChI is InChI=1S/C33H30N6O4/c40-29-12-11-28(31(41)36-29)39-32(42)22-10-7-18(15-23(22)33(39)43)5-6-19-13-21(14-19)38-17-24(30(37-38)20-8-9-20)27-16-34-25-3-1-2-4-26(25)35-27/h1-4,7,10,15-17,19-21,28H,5-6,8-9,11-14H2,(H,36,40,41)/t19-,21-,28?. The maximum Gasteiger partial charge on any atom is 0.262 e. The van der Waals surface area contributed by atoms with Gasteiger partial charge in [-0.3, -0.25) is 39.1 Å². The minimum absolute atomic E-state index is 0.108. The first-order chi connectivity index (χ1) is 20.9. The van der Waals surface area contributed by atoms with Gasteiger partial charge in [0.05, 0.1) is 45.8 Å². The number of para-hydroxylation sites is 2. The second kappa shape index (κ2) is 9.93. The third-order valence-electron chi connectivity index (χ3n) is 9.38. The molecule has 2 aliphatic heterocycles. The van der Waals surface area contributed by atoms with Crippen molar-refractivity contribution in [1.82, 2.24) is 30.0 Å². The van der Waals surface area contributed by atoms with Gasteiger partial charge in [0.2, 0.25) is 11.8 Å². The predicted molar refractivity (Wildman–Crippen MR) is 156 cm³/mol. The molecule has 4 amide bonds. The van der Waals surface area contributed by atoms with Crippen LogP contribution in [0.3, 0.4) is 0 Å². The number of imide groups is 2. The Morgan fingerprint density at radius 1 is 0.884 bits per heavy atom. The van der Waals surface area contributed by atoms with Crippen molar-refractivity contribution >= 4 is 34.7 Å². The SMILES string of the molecule is O=C1CCC(N2C(=O)c3ccc(CC[C@H]4C[C@H](n5cc(-c6cnc7ccccc7n6)c(C6CC6)n5)C4)cc3C2=O)C(=O)N1. The minimum Gasteiger partial charge on any atom is -0.295 e. The molecule has 3 fully saturated rings. The second-order valence-electron chi connectivity index (χ2n) is 12.3. The number of aryl methyl sites for hydroxylation is 1. The Hall–Kier alpha value is -4.73. The van der Waals surface area contributed by atoms with Gasteiger partial charge in [0.25, 0.3) is 11.8 Å². The molecule has 4 heterocycles. The Labute approximate surface area is 247 Å². The van der Waals surface area contributed by atoms with E-state index in [4.69, 9.17) is 10.1 Å². The molecular formula is C33H30N6O4. The predicted octanol–water partition coefficient (Wildman–Crippen LogP) is 4.36. The topological polar surface area (TPSA) is 127 Å². The van der Waals surface area contributed by atoms with Gasteiger partial charge in [0.1, 0.15) is 6.04 Å². The molecule has 2 aliphatic carbocycles. The van der Waals surface area contributed by atoms with Crippen molar-refractivity contribution in [3.8, 4) is 11.3 Å². The zero-order valence-electron chi connectivity index (χ0n) is 23.5. The fourth-order valence-electron chi connectivity index (χ4n) is 6.73. The maximum atomic E-state index is 13.2. The number of carbonyl (C=O) groups excluding carboxylic acids is 4. The van der Waals surface area contributed by atoms with E-state index < -0.39 is 23.8 Å². The van der Waals surface area contributed by atoms with Gasteiger partial charge in [0.15, 0.2) is 0 Å². The second-order valence-corrected chi connectivity index (χ2v) is 12.3. The summed E-state index contributed by atoms with van der Waals surface area (Å²) >= 11 is 0. The number of piperidine rings is 1. The Morgan fingerprint density at radius 2 is 1.67 bits per heavy atom. The van der Waals surface area contributed by atoms with Gasteiger partial charge >= 0.3 is 0 Å². The van der Waals surface area contributed by atoms with Crippen LogP contribution in [0.2, 0.25) is 0 Å². The van der Waals surface area contributed by atoms with Crippen LogP contribution in [0.25, 0.3) is 22.3 Å². The van der Waals surface area contributed by atoms with Crippen molar-refractivity contribution < 1.29 is 19.2 Å². The number of hydrogen-bond acceptors (Lipinski definition) is 7. The number of nitrogens with zero attached hydrogens (tertiary/aromatic N) is 5. The van der Waals surface area contributed by atoms with Crippen molar-refractivity contribution in [3.63, 3.8) is 0 Å². The van der Waals surface area contributed by atoms with Crippen LogP contribution in [0.5, 0.6) is 0 Å². The summed E-state index contributed by atoms with van der Waals surface area (Å²) < 4.78 is 2.14. The van der Waals surface area contributed by atoms with Crippen LogP contribution in [-0.2, 0) is 16.0 Å². The number of aromatic nitrogens is 4. The molecular weight excluding hydrogens is 544 g/mol. The molecule has 1 unspecified atom stereocenters. The van der Waals surface area contributed by atoms with Gasteiger partial charge in [0, 0.05) is 24.1 Å². The molecule has 10 nitrogen and oxygen atoms in total. The lowest BCUT2D eigenvalue weighted by Crippen LogP contribution is -2.54. The Balaban J connectivity index is 0.923. The molecule has 10 heteroatoms. The number of fused-ring (bicyclic) bond motifs is 2. The molecule has 0 bridgehead atoms. The molecule has 0 radical (unpaired) electrons. The first-order valence-corrected chi connectivity index (χ1v) is 15.1. The van der Waals surface area contributed by atoms with Crippen molar-refractivity contribution in [2.75, 3.05) is 0 Å². The van der Waals surface area contributed by atoms with Crippen LogP contribution in [-0.4, -0.2) is 54.3 Å². The van der Waals surface area contributed by atoms with Crippen LogP contribution in [0.1, 0.15) is 88.9 Å². The van der Waals surface area contributed by atoms with E-state index in [1.807, 2.05) is 36.5 Å². The highest BCUT2D eigenvalue weighted by molar-refractivity contribution is 6.23. The molecule has 216 valence electrons. The Morgan fingerprint density at radius 3 is 2.47 bits per heavy atom. The lowest BCUT2D eigenvalue weighted by atomic mass is 9.77. The molecule has 4 aliphatic rings. The van der Waals surface area contributed by atoms with E-state index in [1.54, 1.807) is 12.1 Å². The molecule has 1 saturated heterocycles. The van der Waals surface area contributed by atoms with Crippen LogP contribution < -0.4 is 5.32 Å². The van der Waals surface area contributed by atoms with Crippen LogP contribution in [0.4, 0.5) is 0 Å². The fourth-order valence-corrected chi connectivity index (χ4v) is 6.73. The molecule has 0 spiro atoms. The summed E-state index contributed by atoms with van der Waals surface area (Å²) in [6.45, 7) is 0. The summed E-state index contributed by atoms with van der Waals surface area (Å²) in [6, 6.07) is 12.7. The zero-order valence-corrected chi connectivity index (χ0v) is 23.5. The number of benzene rings is 2. The van der Waals surface area contributed by atoms with E-state index in [-0.39, 0.29) is 18.7 Å². The molecule has 1 atom stereocenters. The first kappa shape index (κ1) is 25.9. The van der Waals surface area contributed by atoms with Crippen molar-refractivity contribution in [3.05, 3.63) is 77.2 Å².